The topological polar surface area (TPSA) is 40.1 Å². The monoisotopic (exact) mass is 123 g/mol. The highest BCUT2D eigenvalue weighted by Gasteiger charge is 2.27. The van der Waals surface area contributed by atoms with Gasteiger partial charge in [-0.15, -0.1) is 0 Å². The zero-order valence-electron chi connectivity index (χ0n) is 4.28. The Labute approximate surface area is 45.1 Å². The van der Waals surface area contributed by atoms with E-state index in [2.05, 4.69) is 0 Å². The van der Waals surface area contributed by atoms with Crippen molar-refractivity contribution in [2.24, 2.45) is 0 Å². The summed E-state index contributed by atoms with van der Waals surface area (Å²) < 4.78 is 23.2. The highest BCUT2D eigenvalue weighted by Crippen LogP contribution is 2.15. The minimum absolute atomic E-state index is 0.713. The first-order valence-corrected chi connectivity index (χ1v) is 2.10. The van der Waals surface area contributed by atoms with Gasteiger partial charge >= 0.3 is 0 Å². The van der Waals surface area contributed by atoms with E-state index in [4.69, 9.17) is 0 Å². The van der Waals surface area contributed by atoms with Crippen LogP contribution in [0.1, 0.15) is 13.3 Å². The molecule has 0 aliphatic carbocycles. The van der Waals surface area contributed by atoms with Gasteiger partial charge in [-0.2, -0.15) is 0 Å². The van der Waals surface area contributed by atoms with Crippen LogP contribution in [0.5, 0.6) is 0 Å². The van der Waals surface area contributed by atoms with E-state index in [1.54, 1.807) is 0 Å². The molecule has 0 spiro atoms. The van der Waals surface area contributed by atoms with Crippen LogP contribution in [0.25, 0.3) is 0 Å². The SMILES string of the molecule is CCC(F)(F)C(=O)[O-]. The molecule has 0 aliphatic heterocycles. The molecule has 0 fully saturated rings. The minimum Gasteiger partial charge on any atom is -0.544 e. The molecule has 0 aromatic heterocycles. The van der Waals surface area contributed by atoms with Gasteiger partial charge in [0.1, 0.15) is 5.97 Å². The number of carbonyl (C=O) groups is 1. The van der Waals surface area contributed by atoms with Crippen LogP contribution in [-0.4, -0.2) is 11.9 Å². The van der Waals surface area contributed by atoms with Gasteiger partial charge in [0, 0.05) is 6.42 Å². The molecule has 0 N–H and O–H groups in total. The molecule has 0 unspecified atom stereocenters. The van der Waals surface area contributed by atoms with Gasteiger partial charge in [-0.25, -0.2) is 8.78 Å². The summed E-state index contributed by atoms with van der Waals surface area (Å²) in [7, 11) is 0. The van der Waals surface area contributed by atoms with Crippen molar-refractivity contribution in [1.29, 1.82) is 0 Å². The van der Waals surface area contributed by atoms with Crippen molar-refractivity contribution in [3.63, 3.8) is 0 Å². The zero-order valence-corrected chi connectivity index (χ0v) is 4.28. The maximum absolute atomic E-state index is 11.6. The molecule has 0 atom stereocenters. The summed E-state index contributed by atoms with van der Waals surface area (Å²) in [4.78, 5) is 9.39. The van der Waals surface area contributed by atoms with Gasteiger partial charge in [-0.3, -0.25) is 0 Å². The summed E-state index contributed by atoms with van der Waals surface area (Å²) in [6, 6.07) is 0. The first-order valence-electron chi connectivity index (χ1n) is 2.10. The molecule has 0 amide bonds. The van der Waals surface area contributed by atoms with Crippen molar-refractivity contribution in [3.8, 4) is 0 Å². The lowest BCUT2D eigenvalue weighted by Gasteiger charge is -2.13. The Balaban J connectivity index is 3.91. The fraction of sp³-hybridized carbons (Fsp3) is 0.750. The van der Waals surface area contributed by atoms with Gasteiger partial charge in [0.15, 0.2) is 0 Å². The lowest BCUT2D eigenvalue weighted by Crippen LogP contribution is -2.40. The molecule has 0 aliphatic rings. The molecule has 0 bridgehead atoms. The first-order chi connectivity index (χ1) is 3.50. The van der Waals surface area contributed by atoms with Crippen LogP contribution in [0.15, 0.2) is 0 Å². The van der Waals surface area contributed by atoms with E-state index in [9.17, 15) is 18.7 Å². The van der Waals surface area contributed by atoms with Gasteiger partial charge in [0.05, 0.1) is 0 Å². The standard InChI is InChI=1S/C4H6F2O2/c1-2-4(5,6)3(7)8/h2H2,1H3,(H,7,8)/p-1. The smallest absolute Gasteiger partial charge is 0.286 e. The minimum atomic E-state index is -3.65. The Morgan fingerprint density at radius 1 is 1.75 bits per heavy atom. The Morgan fingerprint density at radius 2 is 2.12 bits per heavy atom. The Bertz CT molecular complexity index is 100. The summed E-state index contributed by atoms with van der Waals surface area (Å²) >= 11 is 0. The van der Waals surface area contributed by atoms with Crippen LogP contribution < -0.4 is 5.11 Å². The van der Waals surface area contributed by atoms with Crippen LogP contribution in [0.4, 0.5) is 8.78 Å². The van der Waals surface area contributed by atoms with Crippen molar-refractivity contribution < 1.29 is 18.7 Å². The maximum atomic E-state index is 11.6. The fourth-order valence-corrected chi connectivity index (χ4v) is 0.144. The normalized spacial score (nSPS) is 11.4. The van der Waals surface area contributed by atoms with Crippen LogP contribution in [-0.2, 0) is 4.79 Å². The van der Waals surface area contributed by atoms with E-state index in [1.165, 1.54) is 0 Å². The largest absolute Gasteiger partial charge is 0.544 e. The van der Waals surface area contributed by atoms with E-state index in [0.717, 1.165) is 6.92 Å². The third-order valence-electron chi connectivity index (χ3n) is 0.743. The van der Waals surface area contributed by atoms with Gasteiger partial charge in [0.2, 0.25) is 0 Å². The number of rotatable bonds is 2. The van der Waals surface area contributed by atoms with Crippen LogP contribution in [0.3, 0.4) is 0 Å². The highest BCUT2D eigenvalue weighted by molar-refractivity contribution is 5.72. The van der Waals surface area contributed by atoms with Gasteiger partial charge in [-0.05, 0) is 0 Å². The molecule has 2 nitrogen and oxygen atoms in total. The third kappa shape index (κ3) is 1.44. The summed E-state index contributed by atoms with van der Waals surface area (Å²) in [5.41, 5.74) is 0. The fourth-order valence-electron chi connectivity index (χ4n) is 0.144. The quantitative estimate of drug-likeness (QED) is 0.509. The number of hydrogen-bond donors (Lipinski definition) is 0. The predicted octanol–water partition coefficient (Wildman–Crippen LogP) is -0.218. The third-order valence-corrected chi connectivity index (χ3v) is 0.743. The molecule has 0 saturated heterocycles. The number of aliphatic carboxylic acids is 1. The van der Waals surface area contributed by atoms with Gasteiger partial charge in [0.25, 0.3) is 5.92 Å². The molecular formula is C4H5F2O2-. The number of carboxylic acid groups (broad SMARTS) is 1. The van der Waals surface area contributed by atoms with E-state index in [1.807, 2.05) is 0 Å². The van der Waals surface area contributed by atoms with Crippen LogP contribution >= 0.6 is 0 Å². The van der Waals surface area contributed by atoms with Gasteiger partial charge in [-0.1, -0.05) is 6.92 Å². The Kier molecular flexibility index (Phi) is 1.89. The van der Waals surface area contributed by atoms with Crippen LogP contribution in [0, 0.1) is 0 Å². The van der Waals surface area contributed by atoms with E-state index in [0.29, 0.717) is 0 Å². The Morgan fingerprint density at radius 3 is 2.12 bits per heavy atom. The molecule has 0 aromatic carbocycles. The first kappa shape index (κ1) is 7.33. The van der Waals surface area contributed by atoms with Gasteiger partial charge < -0.3 is 9.90 Å². The number of carbonyl (C=O) groups excluding carboxylic acids is 1. The summed E-state index contributed by atoms with van der Waals surface area (Å²) in [5, 5.41) is 9.39. The second kappa shape index (κ2) is 2.07. The predicted molar refractivity (Wildman–Crippen MR) is 20.2 cm³/mol. The summed E-state index contributed by atoms with van der Waals surface area (Å²) in [6.07, 6.45) is -0.713. The lowest BCUT2D eigenvalue weighted by molar-refractivity contribution is -0.329. The molecule has 0 aromatic rings. The number of halogens is 2. The summed E-state index contributed by atoms with van der Waals surface area (Å²) in [6.45, 7) is 1.08. The van der Waals surface area contributed by atoms with Crippen LogP contribution in [0.2, 0.25) is 0 Å². The molecule has 0 rings (SSSR count). The number of carboxylic acids is 1. The average molecular weight is 123 g/mol. The van der Waals surface area contributed by atoms with E-state index >= 15 is 0 Å². The van der Waals surface area contributed by atoms with Crippen molar-refractivity contribution >= 4 is 5.97 Å². The molecule has 0 heterocycles. The van der Waals surface area contributed by atoms with Crippen molar-refractivity contribution in [2.45, 2.75) is 19.3 Å². The molecule has 48 valence electrons. The second-order valence-corrected chi connectivity index (χ2v) is 1.35. The average Bonchev–Trinajstić information content (AvgIpc) is 1.67. The number of alkyl halides is 2. The molecule has 0 saturated carbocycles. The van der Waals surface area contributed by atoms with E-state index < -0.39 is 18.3 Å². The maximum Gasteiger partial charge on any atom is 0.286 e. The highest BCUT2D eigenvalue weighted by atomic mass is 19.3. The molecule has 0 radical (unpaired) electrons. The zero-order chi connectivity index (χ0) is 6.78. The summed E-state index contributed by atoms with van der Waals surface area (Å²) in [5.74, 6) is -5.96. The van der Waals surface area contributed by atoms with Crippen molar-refractivity contribution in [3.05, 3.63) is 0 Å². The Hall–Kier alpha value is -0.670. The molecular weight excluding hydrogens is 118 g/mol. The molecule has 8 heavy (non-hydrogen) atoms. The number of hydrogen-bond acceptors (Lipinski definition) is 2. The van der Waals surface area contributed by atoms with Crippen molar-refractivity contribution in [2.75, 3.05) is 0 Å². The second-order valence-electron chi connectivity index (χ2n) is 1.35. The molecule has 4 heteroatoms. The van der Waals surface area contributed by atoms with Crippen molar-refractivity contribution in [1.82, 2.24) is 0 Å². The lowest BCUT2D eigenvalue weighted by atomic mass is 10.3. The van der Waals surface area contributed by atoms with E-state index in [-0.39, 0.29) is 0 Å².